The second-order valence-electron chi connectivity index (χ2n) is 6.79. The topological polar surface area (TPSA) is 55.4 Å². The number of esters is 1. The van der Waals surface area contributed by atoms with Gasteiger partial charge in [0.15, 0.2) is 0 Å². The molecule has 2 atom stereocenters. The van der Waals surface area contributed by atoms with E-state index in [0.717, 1.165) is 27.9 Å². The minimum Gasteiger partial charge on any atom is -0.460 e. The van der Waals surface area contributed by atoms with Gasteiger partial charge in [0.25, 0.3) is 0 Å². The summed E-state index contributed by atoms with van der Waals surface area (Å²) < 4.78 is 6.43. The van der Waals surface area contributed by atoms with Crippen molar-refractivity contribution in [2.75, 3.05) is 0 Å². The third-order valence-corrected chi connectivity index (χ3v) is 5.14. The third kappa shape index (κ3) is 3.56. The van der Waals surface area contributed by atoms with E-state index < -0.39 is 0 Å². The van der Waals surface area contributed by atoms with E-state index in [1.54, 1.807) is 0 Å². The summed E-state index contributed by atoms with van der Waals surface area (Å²) in [5, 5.41) is 3.27. The van der Waals surface area contributed by atoms with Crippen LogP contribution < -0.4 is 5.32 Å². The first-order chi connectivity index (χ1) is 11.9. The monoisotopic (exact) mass is 403 g/mol. The number of ketones is 1. The molecule has 1 aromatic rings. The number of allylic oxidation sites excluding steroid dienone is 3. The normalized spacial score (nSPS) is 23.1. The summed E-state index contributed by atoms with van der Waals surface area (Å²) >= 11 is 3.44. The molecule has 132 valence electrons. The molecule has 0 bridgehead atoms. The van der Waals surface area contributed by atoms with Crippen LogP contribution in [0.1, 0.15) is 45.1 Å². The van der Waals surface area contributed by atoms with Gasteiger partial charge >= 0.3 is 5.97 Å². The van der Waals surface area contributed by atoms with Crippen molar-refractivity contribution in [3.8, 4) is 0 Å². The van der Waals surface area contributed by atoms with Gasteiger partial charge in [-0.15, -0.1) is 0 Å². The van der Waals surface area contributed by atoms with E-state index in [1.165, 1.54) is 0 Å². The standard InChI is InChI=1S/C20H22BrNO3/c1-11(2)25-20(24)17-12(3)22-15-5-4-6-16(23)19(15)18(17)13-7-9-14(21)10-8-13/h5,7-11,18-19,22H,4,6H2,1-3H3. The number of hydrogen-bond donors (Lipinski definition) is 1. The average Bonchev–Trinajstić information content (AvgIpc) is 2.53. The van der Waals surface area contributed by atoms with Gasteiger partial charge in [-0.05, 0) is 44.9 Å². The molecule has 0 amide bonds. The molecule has 0 saturated carbocycles. The molecule has 0 fully saturated rings. The van der Waals surface area contributed by atoms with Crippen LogP contribution in [0.4, 0.5) is 0 Å². The number of carbonyl (C=O) groups is 2. The Labute approximate surface area is 156 Å². The first-order valence-corrected chi connectivity index (χ1v) is 9.34. The summed E-state index contributed by atoms with van der Waals surface area (Å²) in [6, 6.07) is 7.81. The summed E-state index contributed by atoms with van der Waals surface area (Å²) in [4.78, 5) is 25.5. The van der Waals surface area contributed by atoms with Crippen LogP contribution in [0.3, 0.4) is 0 Å². The van der Waals surface area contributed by atoms with Crippen LogP contribution in [-0.4, -0.2) is 17.9 Å². The minimum absolute atomic E-state index is 0.167. The fourth-order valence-corrected chi connectivity index (χ4v) is 3.86. The largest absolute Gasteiger partial charge is 0.460 e. The Morgan fingerprint density at radius 2 is 1.92 bits per heavy atom. The Morgan fingerprint density at radius 3 is 2.56 bits per heavy atom. The lowest BCUT2D eigenvalue weighted by atomic mass is 9.71. The Kier molecular flexibility index (Phi) is 5.13. The van der Waals surface area contributed by atoms with E-state index in [9.17, 15) is 9.59 Å². The lowest BCUT2D eigenvalue weighted by Gasteiger charge is -2.38. The average molecular weight is 404 g/mol. The van der Waals surface area contributed by atoms with Crippen LogP contribution in [0.2, 0.25) is 0 Å². The smallest absolute Gasteiger partial charge is 0.336 e. The molecule has 25 heavy (non-hydrogen) atoms. The van der Waals surface area contributed by atoms with E-state index in [2.05, 4.69) is 27.3 Å². The zero-order valence-corrected chi connectivity index (χ0v) is 16.2. The maximum atomic E-state index is 12.8. The van der Waals surface area contributed by atoms with Crippen LogP contribution in [0.5, 0.6) is 0 Å². The van der Waals surface area contributed by atoms with Gasteiger partial charge in [0.1, 0.15) is 5.78 Å². The molecule has 2 aliphatic rings. The summed E-state index contributed by atoms with van der Waals surface area (Å²) in [6.45, 7) is 5.53. The molecule has 4 nitrogen and oxygen atoms in total. The molecule has 0 aromatic heterocycles. The molecular weight excluding hydrogens is 382 g/mol. The lowest BCUT2D eigenvalue weighted by Crippen LogP contribution is -2.41. The highest BCUT2D eigenvalue weighted by molar-refractivity contribution is 9.10. The molecule has 0 radical (unpaired) electrons. The highest BCUT2D eigenvalue weighted by Crippen LogP contribution is 2.44. The summed E-state index contributed by atoms with van der Waals surface area (Å²) in [5.74, 6) is -0.862. The number of ether oxygens (including phenoxy) is 1. The second-order valence-corrected chi connectivity index (χ2v) is 7.70. The van der Waals surface area contributed by atoms with Crippen molar-refractivity contribution in [1.82, 2.24) is 5.32 Å². The van der Waals surface area contributed by atoms with Crippen molar-refractivity contribution in [3.63, 3.8) is 0 Å². The van der Waals surface area contributed by atoms with Crippen LogP contribution >= 0.6 is 15.9 Å². The van der Waals surface area contributed by atoms with Gasteiger partial charge in [-0.2, -0.15) is 0 Å². The minimum atomic E-state index is -0.356. The molecule has 1 heterocycles. The number of Topliss-reactive ketones (excluding diaryl/α,β-unsaturated/α-hetero) is 1. The predicted molar refractivity (Wildman–Crippen MR) is 99.8 cm³/mol. The zero-order valence-electron chi connectivity index (χ0n) is 14.6. The summed E-state index contributed by atoms with van der Waals surface area (Å²) in [6.07, 6.45) is 3.11. The fraction of sp³-hybridized carbons (Fsp3) is 0.400. The predicted octanol–water partition coefficient (Wildman–Crippen LogP) is 4.22. The molecule has 3 rings (SSSR count). The molecule has 2 unspecified atom stereocenters. The first-order valence-electron chi connectivity index (χ1n) is 8.55. The van der Waals surface area contributed by atoms with Crippen LogP contribution in [0.25, 0.3) is 0 Å². The van der Waals surface area contributed by atoms with E-state index in [0.29, 0.717) is 12.0 Å². The van der Waals surface area contributed by atoms with E-state index in [-0.39, 0.29) is 29.7 Å². The number of hydrogen-bond acceptors (Lipinski definition) is 4. The van der Waals surface area contributed by atoms with Gasteiger partial charge < -0.3 is 10.1 Å². The van der Waals surface area contributed by atoms with Crippen molar-refractivity contribution >= 4 is 27.7 Å². The third-order valence-electron chi connectivity index (χ3n) is 4.61. The molecule has 5 heteroatoms. The van der Waals surface area contributed by atoms with E-state index >= 15 is 0 Å². The van der Waals surface area contributed by atoms with Gasteiger partial charge in [-0.3, -0.25) is 4.79 Å². The molecular formula is C20H22BrNO3. The van der Waals surface area contributed by atoms with Crippen molar-refractivity contribution in [3.05, 3.63) is 57.3 Å². The number of halogens is 1. The van der Waals surface area contributed by atoms with Crippen molar-refractivity contribution in [1.29, 1.82) is 0 Å². The SMILES string of the molecule is CC1=C(C(=O)OC(C)C)C(c2ccc(Br)cc2)C2C(=O)CCC=C2N1. The van der Waals surface area contributed by atoms with Gasteiger partial charge in [0, 0.05) is 28.2 Å². The molecule has 1 aliphatic heterocycles. The van der Waals surface area contributed by atoms with Crippen molar-refractivity contribution in [2.24, 2.45) is 5.92 Å². The van der Waals surface area contributed by atoms with E-state index in [4.69, 9.17) is 4.74 Å². The number of rotatable bonds is 3. The Bertz CT molecular complexity index is 762. The quantitative estimate of drug-likeness (QED) is 0.767. The van der Waals surface area contributed by atoms with Crippen molar-refractivity contribution in [2.45, 2.75) is 45.6 Å². The van der Waals surface area contributed by atoms with Crippen molar-refractivity contribution < 1.29 is 14.3 Å². The van der Waals surface area contributed by atoms with Crippen LogP contribution in [0.15, 0.2) is 51.8 Å². The molecule has 0 spiro atoms. The number of fused-ring (bicyclic) bond motifs is 1. The first kappa shape index (κ1) is 17.9. The van der Waals surface area contributed by atoms with Crippen LogP contribution in [-0.2, 0) is 14.3 Å². The molecule has 1 aliphatic carbocycles. The highest BCUT2D eigenvalue weighted by Gasteiger charge is 2.43. The zero-order chi connectivity index (χ0) is 18.1. The molecule has 1 N–H and O–H groups in total. The Morgan fingerprint density at radius 1 is 1.24 bits per heavy atom. The number of benzene rings is 1. The summed E-state index contributed by atoms with van der Waals surface area (Å²) in [5.41, 5.74) is 3.16. The van der Waals surface area contributed by atoms with Gasteiger partial charge in [0.2, 0.25) is 0 Å². The molecule has 1 aromatic carbocycles. The Hall–Kier alpha value is -1.88. The maximum Gasteiger partial charge on any atom is 0.336 e. The molecule has 0 saturated heterocycles. The van der Waals surface area contributed by atoms with Gasteiger partial charge in [-0.1, -0.05) is 34.1 Å². The fourth-order valence-electron chi connectivity index (χ4n) is 3.59. The number of nitrogens with one attached hydrogen (secondary N) is 1. The van der Waals surface area contributed by atoms with Crippen LogP contribution in [0, 0.1) is 5.92 Å². The second kappa shape index (κ2) is 7.16. The Balaban J connectivity index is 2.13. The van der Waals surface area contributed by atoms with Gasteiger partial charge in [0.05, 0.1) is 17.6 Å². The maximum absolute atomic E-state index is 12.8. The highest BCUT2D eigenvalue weighted by atomic mass is 79.9. The van der Waals surface area contributed by atoms with E-state index in [1.807, 2.05) is 45.0 Å². The summed E-state index contributed by atoms with van der Waals surface area (Å²) in [7, 11) is 0. The lowest BCUT2D eigenvalue weighted by molar-refractivity contribution is -0.143. The van der Waals surface area contributed by atoms with Gasteiger partial charge in [-0.25, -0.2) is 4.79 Å². The number of carbonyl (C=O) groups excluding carboxylic acids is 2.